The van der Waals surface area contributed by atoms with E-state index in [1.165, 1.54) is 36.8 Å². The molecule has 0 N–H and O–H groups in total. The summed E-state index contributed by atoms with van der Waals surface area (Å²) in [6.07, 6.45) is 18.2. The minimum absolute atomic E-state index is 0.0423. The van der Waals surface area contributed by atoms with E-state index in [2.05, 4.69) is 61.3 Å². The van der Waals surface area contributed by atoms with Crippen molar-refractivity contribution in [2.24, 2.45) is 34.5 Å². The molecule has 5 aliphatic rings. The summed E-state index contributed by atoms with van der Waals surface area (Å²) in [6, 6.07) is 4.32. The van der Waals surface area contributed by atoms with Crippen LogP contribution in [0.15, 0.2) is 42.3 Å². The highest BCUT2D eigenvalue weighted by atomic mass is 16.5. The van der Waals surface area contributed by atoms with E-state index >= 15 is 0 Å². The number of carbonyl (C=O) groups is 1. The number of ether oxygens (including phenoxy) is 1. The lowest BCUT2D eigenvalue weighted by atomic mass is 9.47. The van der Waals surface area contributed by atoms with Gasteiger partial charge in [0, 0.05) is 25.4 Å². The van der Waals surface area contributed by atoms with Gasteiger partial charge in [-0.1, -0.05) is 37.6 Å². The first-order chi connectivity index (χ1) is 16.4. The zero-order chi connectivity index (χ0) is 23.5. The van der Waals surface area contributed by atoms with Crippen LogP contribution in [0.4, 0.5) is 0 Å². The Hall–Kier alpha value is -1.94. The lowest BCUT2D eigenvalue weighted by Crippen LogP contribution is -2.50. The first-order valence-electron chi connectivity index (χ1n) is 13.6. The van der Waals surface area contributed by atoms with Gasteiger partial charge in [0.1, 0.15) is 6.10 Å². The number of hydrogen-bond acceptors (Lipinski definition) is 4. The van der Waals surface area contributed by atoms with Crippen LogP contribution in [0.25, 0.3) is 5.57 Å². The summed E-state index contributed by atoms with van der Waals surface area (Å²) in [5.41, 5.74) is 4.99. The van der Waals surface area contributed by atoms with Gasteiger partial charge < -0.3 is 9.64 Å². The Labute approximate surface area is 204 Å². The van der Waals surface area contributed by atoms with E-state index in [0.29, 0.717) is 0 Å². The van der Waals surface area contributed by atoms with Gasteiger partial charge >= 0.3 is 5.97 Å². The fourth-order valence-corrected chi connectivity index (χ4v) is 8.65. The normalized spacial score (nSPS) is 41.7. The van der Waals surface area contributed by atoms with Crippen molar-refractivity contribution in [2.45, 2.75) is 71.3 Å². The molecule has 34 heavy (non-hydrogen) atoms. The number of aromatic nitrogens is 1. The van der Waals surface area contributed by atoms with Gasteiger partial charge in [-0.05, 0) is 104 Å². The summed E-state index contributed by atoms with van der Waals surface area (Å²) in [5.74, 6) is 2.35. The van der Waals surface area contributed by atoms with Crippen LogP contribution in [0.1, 0.15) is 70.8 Å². The fourth-order valence-electron chi connectivity index (χ4n) is 8.65. The molecule has 1 aliphatic heterocycles. The van der Waals surface area contributed by atoms with E-state index in [9.17, 15) is 4.79 Å². The number of pyridine rings is 1. The Kier molecular flexibility index (Phi) is 5.51. The van der Waals surface area contributed by atoms with E-state index in [1.807, 2.05) is 6.20 Å². The third-order valence-corrected chi connectivity index (χ3v) is 10.6. The summed E-state index contributed by atoms with van der Waals surface area (Å²) in [5, 5.41) is 0. The molecule has 182 valence electrons. The minimum atomic E-state index is 0.0423. The number of hydrogen-bond donors (Lipinski definition) is 0. The van der Waals surface area contributed by atoms with Crippen molar-refractivity contribution in [2.75, 3.05) is 20.1 Å². The Balaban J connectivity index is 1.17. The molecule has 1 aromatic heterocycles. The third-order valence-electron chi connectivity index (χ3n) is 10.6. The van der Waals surface area contributed by atoms with Crippen molar-refractivity contribution in [1.29, 1.82) is 0 Å². The molecule has 0 radical (unpaired) electrons. The van der Waals surface area contributed by atoms with Crippen LogP contribution in [-0.2, 0) is 9.53 Å². The fraction of sp³-hybridized carbons (Fsp3) is 0.667. The lowest BCUT2D eigenvalue weighted by molar-refractivity contribution is -0.155. The lowest BCUT2D eigenvalue weighted by Gasteiger charge is -2.57. The van der Waals surface area contributed by atoms with E-state index in [0.717, 1.165) is 56.5 Å². The van der Waals surface area contributed by atoms with Crippen molar-refractivity contribution in [1.82, 2.24) is 9.88 Å². The maximum absolute atomic E-state index is 12.8. The summed E-state index contributed by atoms with van der Waals surface area (Å²) in [6.45, 7) is 6.92. The molecular formula is C30H40N2O2. The van der Waals surface area contributed by atoms with Gasteiger partial charge in [-0.15, -0.1) is 0 Å². The Morgan fingerprint density at radius 2 is 1.94 bits per heavy atom. The molecule has 4 heteroatoms. The molecule has 0 spiro atoms. The quantitative estimate of drug-likeness (QED) is 0.416. The molecule has 2 unspecified atom stereocenters. The maximum atomic E-state index is 12.8. The van der Waals surface area contributed by atoms with Gasteiger partial charge in [0.25, 0.3) is 0 Å². The van der Waals surface area contributed by atoms with Crippen molar-refractivity contribution >= 4 is 11.5 Å². The smallest absolute Gasteiger partial charge is 0.310 e. The zero-order valence-electron chi connectivity index (χ0n) is 21.1. The average molecular weight is 461 g/mol. The number of allylic oxidation sites excluding steroid dienone is 3. The molecule has 4 aliphatic carbocycles. The SMILES string of the molecule is CN1CCC(C(=O)O[C@H]2CC[C@@]3(C)C(=CC[C@@H]4C3CC[C@]3(C)C(c5cccnc5)=CC[C@H]43)C2)C1. The van der Waals surface area contributed by atoms with Crippen LogP contribution in [-0.4, -0.2) is 42.1 Å². The van der Waals surface area contributed by atoms with Crippen molar-refractivity contribution in [3.8, 4) is 0 Å². The van der Waals surface area contributed by atoms with Gasteiger partial charge in [-0.25, -0.2) is 0 Å². The first-order valence-corrected chi connectivity index (χ1v) is 13.6. The van der Waals surface area contributed by atoms with Crippen molar-refractivity contribution in [3.05, 3.63) is 47.8 Å². The molecule has 0 bridgehead atoms. The highest BCUT2D eigenvalue weighted by molar-refractivity contribution is 5.73. The molecule has 3 fully saturated rings. The second kappa shape index (κ2) is 8.33. The maximum Gasteiger partial charge on any atom is 0.310 e. The Bertz CT molecular complexity index is 1020. The number of rotatable bonds is 3. The van der Waals surface area contributed by atoms with E-state index in [-0.39, 0.29) is 28.8 Å². The van der Waals surface area contributed by atoms with Crippen molar-refractivity contribution in [3.63, 3.8) is 0 Å². The third kappa shape index (κ3) is 3.51. The van der Waals surface area contributed by atoms with Crippen molar-refractivity contribution < 1.29 is 9.53 Å². The van der Waals surface area contributed by atoms with E-state index in [4.69, 9.17) is 4.74 Å². The van der Waals surface area contributed by atoms with E-state index in [1.54, 1.807) is 5.57 Å². The number of carbonyl (C=O) groups excluding carboxylic acids is 1. The van der Waals surface area contributed by atoms with Gasteiger partial charge in [0.15, 0.2) is 0 Å². The second-order valence-corrected chi connectivity index (χ2v) is 12.4. The number of esters is 1. The largest absolute Gasteiger partial charge is 0.462 e. The Morgan fingerprint density at radius 1 is 1.09 bits per heavy atom. The molecule has 0 aromatic carbocycles. The van der Waals surface area contributed by atoms with Crippen LogP contribution >= 0.6 is 0 Å². The summed E-state index contributed by atoms with van der Waals surface area (Å²) < 4.78 is 6.08. The Morgan fingerprint density at radius 3 is 2.71 bits per heavy atom. The first kappa shape index (κ1) is 22.5. The molecular weight excluding hydrogens is 420 g/mol. The highest BCUT2D eigenvalue weighted by Crippen LogP contribution is 2.66. The molecule has 1 saturated heterocycles. The van der Waals surface area contributed by atoms with Crippen LogP contribution in [0.2, 0.25) is 0 Å². The topological polar surface area (TPSA) is 42.4 Å². The van der Waals surface area contributed by atoms with Crippen LogP contribution in [0.3, 0.4) is 0 Å². The minimum Gasteiger partial charge on any atom is -0.462 e. The summed E-state index contributed by atoms with van der Waals surface area (Å²) >= 11 is 0. The predicted octanol–water partition coefficient (Wildman–Crippen LogP) is 5.90. The van der Waals surface area contributed by atoms with Gasteiger partial charge in [-0.2, -0.15) is 0 Å². The second-order valence-electron chi connectivity index (χ2n) is 12.4. The van der Waals surface area contributed by atoms with E-state index < -0.39 is 0 Å². The highest BCUT2D eigenvalue weighted by Gasteiger charge is 2.57. The average Bonchev–Trinajstić information content (AvgIpc) is 3.43. The molecule has 7 atom stereocenters. The molecule has 4 nitrogen and oxygen atoms in total. The molecule has 6 rings (SSSR count). The number of nitrogens with zero attached hydrogens (tertiary/aromatic N) is 2. The monoisotopic (exact) mass is 460 g/mol. The van der Waals surface area contributed by atoms with Gasteiger partial charge in [-0.3, -0.25) is 9.78 Å². The van der Waals surface area contributed by atoms with Crippen LogP contribution in [0.5, 0.6) is 0 Å². The standard InChI is InChI=1S/C30H40N2O2/c1-29-13-10-23(34-28(33)21-12-16-32(3)19-21)17-22(29)6-7-24-26-9-8-25(20-5-4-15-31-18-20)30(26,2)14-11-27(24)29/h4-6,8,15,18,21,23-24,26-27H,7,9-14,16-17,19H2,1-3H3/t21?,23-,24-,26+,27?,29-,30+/m0/s1. The molecule has 1 aromatic rings. The molecule has 2 heterocycles. The van der Waals surface area contributed by atoms with Crippen LogP contribution < -0.4 is 0 Å². The van der Waals surface area contributed by atoms with Gasteiger partial charge in [0.05, 0.1) is 5.92 Å². The summed E-state index contributed by atoms with van der Waals surface area (Å²) in [4.78, 5) is 19.4. The van der Waals surface area contributed by atoms with Crippen LogP contribution in [0, 0.1) is 34.5 Å². The zero-order valence-corrected chi connectivity index (χ0v) is 21.1. The summed E-state index contributed by atoms with van der Waals surface area (Å²) in [7, 11) is 2.09. The molecule has 2 saturated carbocycles. The van der Waals surface area contributed by atoms with Gasteiger partial charge in [0.2, 0.25) is 0 Å². The predicted molar refractivity (Wildman–Crippen MR) is 135 cm³/mol. The number of fused-ring (bicyclic) bond motifs is 5. The molecule has 0 amide bonds. The number of likely N-dealkylation sites (tertiary alicyclic amines) is 1.